The molecule has 1 aliphatic heterocycles. The van der Waals surface area contributed by atoms with E-state index >= 15 is 0 Å². The fourth-order valence-electron chi connectivity index (χ4n) is 3.38. The summed E-state index contributed by atoms with van der Waals surface area (Å²) < 4.78 is 0. The maximum absolute atomic E-state index is 12.9. The topological polar surface area (TPSA) is 46.3 Å². The maximum Gasteiger partial charge on any atom is 0.235 e. The average molecular weight is 340 g/mol. The van der Waals surface area contributed by atoms with E-state index in [-0.39, 0.29) is 11.2 Å². The van der Waals surface area contributed by atoms with Crippen molar-refractivity contribution in [3.05, 3.63) is 66.2 Å². The number of thioether (sulfide) groups is 1. The van der Waals surface area contributed by atoms with Crippen LogP contribution in [0.1, 0.15) is 18.4 Å². The van der Waals surface area contributed by atoms with Crippen LogP contribution in [-0.4, -0.2) is 35.7 Å². The van der Waals surface area contributed by atoms with Gasteiger partial charge in [-0.2, -0.15) is 0 Å². The van der Waals surface area contributed by atoms with Crippen molar-refractivity contribution in [2.75, 3.05) is 19.6 Å². The molecular formula is C20H24N2OS. The zero-order valence-corrected chi connectivity index (χ0v) is 14.8. The van der Waals surface area contributed by atoms with Gasteiger partial charge in [0.15, 0.2) is 0 Å². The van der Waals surface area contributed by atoms with Crippen molar-refractivity contribution in [2.24, 2.45) is 11.7 Å². The Bertz CT molecular complexity index is 662. The molecule has 0 spiro atoms. The lowest BCUT2D eigenvalue weighted by atomic mass is 9.89. The summed E-state index contributed by atoms with van der Waals surface area (Å²) in [6.45, 7) is 4.13. The Morgan fingerprint density at radius 1 is 1.12 bits per heavy atom. The molecule has 0 aromatic heterocycles. The Morgan fingerprint density at radius 2 is 1.75 bits per heavy atom. The number of carbonyl (C=O) groups excluding carboxylic acids is 1. The quantitative estimate of drug-likeness (QED) is 0.849. The molecule has 2 aromatic carbocycles. The first-order chi connectivity index (χ1) is 11.7. The molecule has 0 aliphatic carbocycles. The van der Waals surface area contributed by atoms with Gasteiger partial charge in [0.25, 0.3) is 0 Å². The Hall–Kier alpha value is -1.78. The van der Waals surface area contributed by atoms with E-state index in [1.807, 2.05) is 48.2 Å². The minimum atomic E-state index is -0.0830. The summed E-state index contributed by atoms with van der Waals surface area (Å²) in [5, 5.41) is -0.0830. The normalized spacial score (nSPS) is 21.7. The second kappa shape index (κ2) is 7.86. The van der Waals surface area contributed by atoms with Crippen LogP contribution in [0.25, 0.3) is 0 Å². The van der Waals surface area contributed by atoms with Crippen molar-refractivity contribution in [1.29, 1.82) is 0 Å². The molecule has 1 saturated heterocycles. The van der Waals surface area contributed by atoms with Gasteiger partial charge in [-0.05, 0) is 37.1 Å². The summed E-state index contributed by atoms with van der Waals surface area (Å²) in [4.78, 5) is 16.0. The highest BCUT2D eigenvalue weighted by Crippen LogP contribution is 2.34. The molecule has 3 nitrogen and oxygen atoms in total. The van der Waals surface area contributed by atoms with Gasteiger partial charge in [-0.25, -0.2) is 0 Å². The fourth-order valence-corrected chi connectivity index (χ4v) is 4.35. The van der Waals surface area contributed by atoms with Crippen LogP contribution < -0.4 is 5.73 Å². The highest BCUT2D eigenvalue weighted by Gasteiger charge is 2.36. The predicted octanol–water partition coefficient (Wildman–Crippen LogP) is 3.37. The molecule has 0 bridgehead atoms. The second-order valence-corrected chi connectivity index (χ2v) is 7.74. The Morgan fingerprint density at radius 3 is 2.38 bits per heavy atom. The van der Waals surface area contributed by atoms with Gasteiger partial charge in [-0.15, -0.1) is 11.8 Å². The summed E-state index contributed by atoms with van der Waals surface area (Å²) in [6, 6.07) is 20.5. The van der Waals surface area contributed by atoms with E-state index in [2.05, 4.69) is 24.3 Å². The van der Waals surface area contributed by atoms with Crippen molar-refractivity contribution in [2.45, 2.75) is 23.0 Å². The van der Waals surface area contributed by atoms with E-state index in [0.29, 0.717) is 18.4 Å². The lowest BCUT2D eigenvalue weighted by Crippen LogP contribution is -2.35. The van der Waals surface area contributed by atoms with Gasteiger partial charge in [-0.1, -0.05) is 48.5 Å². The molecule has 24 heavy (non-hydrogen) atoms. The van der Waals surface area contributed by atoms with Gasteiger partial charge in [-0.3, -0.25) is 4.79 Å². The Kier molecular flexibility index (Phi) is 5.59. The highest BCUT2D eigenvalue weighted by molar-refractivity contribution is 8.00. The molecule has 4 heteroatoms. The predicted molar refractivity (Wildman–Crippen MR) is 100 cm³/mol. The number of rotatable bonds is 5. The lowest BCUT2D eigenvalue weighted by molar-refractivity contribution is -0.129. The van der Waals surface area contributed by atoms with E-state index in [0.717, 1.165) is 18.0 Å². The molecule has 1 heterocycles. The summed E-state index contributed by atoms with van der Waals surface area (Å²) >= 11 is 1.62. The summed E-state index contributed by atoms with van der Waals surface area (Å²) in [6.07, 6.45) is 0. The lowest BCUT2D eigenvalue weighted by Gasteiger charge is -2.21. The molecular weight excluding hydrogens is 316 g/mol. The van der Waals surface area contributed by atoms with Gasteiger partial charge in [0.05, 0.1) is 5.25 Å². The van der Waals surface area contributed by atoms with Gasteiger partial charge in [0, 0.05) is 23.9 Å². The van der Waals surface area contributed by atoms with Crippen LogP contribution in [0.3, 0.4) is 0 Å². The van der Waals surface area contributed by atoms with Gasteiger partial charge >= 0.3 is 0 Å². The van der Waals surface area contributed by atoms with Gasteiger partial charge < -0.3 is 10.6 Å². The largest absolute Gasteiger partial charge is 0.341 e. The number of benzene rings is 2. The molecule has 1 fully saturated rings. The van der Waals surface area contributed by atoms with Gasteiger partial charge in [0.2, 0.25) is 5.91 Å². The molecule has 3 rings (SSSR count). The standard InChI is InChI=1S/C20H24N2OS/c1-15(24-18-10-6-3-7-11-18)20(23)22-13-17(12-21)19(14-22)16-8-4-2-5-9-16/h2-11,15,17,19H,12-14,21H2,1H3/t15?,17-,19+/m1/s1. The molecule has 1 unspecified atom stereocenters. The molecule has 2 aromatic rings. The first-order valence-corrected chi connectivity index (χ1v) is 9.32. The van der Waals surface area contributed by atoms with E-state index in [4.69, 9.17) is 5.73 Å². The first-order valence-electron chi connectivity index (χ1n) is 8.44. The number of likely N-dealkylation sites (tertiary alicyclic amines) is 1. The fraction of sp³-hybridized carbons (Fsp3) is 0.350. The van der Waals surface area contributed by atoms with Crippen molar-refractivity contribution in [3.63, 3.8) is 0 Å². The van der Waals surface area contributed by atoms with Crippen molar-refractivity contribution >= 4 is 17.7 Å². The number of hydrogen-bond donors (Lipinski definition) is 1. The van der Waals surface area contributed by atoms with E-state index in [9.17, 15) is 4.79 Å². The number of hydrogen-bond acceptors (Lipinski definition) is 3. The third-order valence-electron chi connectivity index (χ3n) is 4.69. The molecule has 1 amide bonds. The average Bonchev–Trinajstić information content (AvgIpc) is 3.07. The second-order valence-electron chi connectivity index (χ2n) is 6.33. The molecule has 3 atom stereocenters. The Balaban J connectivity index is 1.67. The molecule has 126 valence electrons. The third kappa shape index (κ3) is 3.82. The molecule has 2 N–H and O–H groups in total. The maximum atomic E-state index is 12.9. The van der Waals surface area contributed by atoms with E-state index in [1.54, 1.807) is 11.8 Å². The monoisotopic (exact) mass is 340 g/mol. The number of nitrogens with zero attached hydrogens (tertiary/aromatic N) is 1. The first kappa shape index (κ1) is 17.1. The smallest absolute Gasteiger partial charge is 0.235 e. The van der Waals surface area contributed by atoms with Crippen molar-refractivity contribution in [3.8, 4) is 0 Å². The molecule has 0 radical (unpaired) electrons. The van der Waals surface area contributed by atoms with Crippen LogP contribution >= 0.6 is 11.8 Å². The zero-order chi connectivity index (χ0) is 16.9. The van der Waals surface area contributed by atoms with Crippen molar-refractivity contribution < 1.29 is 4.79 Å². The number of amides is 1. The van der Waals surface area contributed by atoms with Crippen LogP contribution in [-0.2, 0) is 4.79 Å². The third-order valence-corrected chi connectivity index (χ3v) is 5.79. The van der Waals surface area contributed by atoms with E-state index < -0.39 is 0 Å². The minimum absolute atomic E-state index is 0.0830. The SMILES string of the molecule is CC(Sc1ccccc1)C(=O)N1C[C@@H](CN)[C@H](c2ccccc2)C1. The molecule has 0 saturated carbocycles. The Labute approximate surface area is 148 Å². The van der Waals surface area contributed by atoms with Crippen LogP contribution in [0.4, 0.5) is 0 Å². The van der Waals surface area contributed by atoms with Gasteiger partial charge in [0.1, 0.15) is 0 Å². The number of nitrogens with two attached hydrogens (primary N) is 1. The van der Waals surface area contributed by atoms with Crippen LogP contribution in [0.15, 0.2) is 65.6 Å². The van der Waals surface area contributed by atoms with Crippen molar-refractivity contribution in [1.82, 2.24) is 4.90 Å². The zero-order valence-electron chi connectivity index (χ0n) is 14.0. The molecule has 1 aliphatic rings. The summed E-state index contributed by atoms with van der Waals surface area (Å²) in [5.41, 5.74) is 7.26. The summed E-state index contributed by atoms with van der Waals surface area (Å²) in [5.74, 6) is 0.889. The van der Waals surface area contributed by atoms with E-state index in [1.165, 1.54) is 5.56 Å². The van der Waals surface area contributed by atoms with Crippen LogP contribution in [0.5, 0.6) is 0 Å². The minimum Gasteiger partial charge on any atom is -0.341 e. The number of carbonyl (C=O) groups is 1. The highest BCUT2D eigenvalue weighted by atomic mass is 32.2. The summed E-state index contributed by atoms with van der Waals surface area (Å²) in [7, 11) is 0. The van der Waals surface area contributed by atoms with Crippen LogP contribution in [0.2, 0.25) is 0 Å². The van der Waals surface area contributed by atoms with Crippen LogP contribution in [0, 0.1) is 5.92 Å².